The van der Waals surface area contributed by atoms with Gasteiger partial charge in [0.2, 0.25) is 0 Å². The fourth-order valence-electron chi connectivity index (χ4n) is 2.79. The number of benzene rings is 2. The van der Waals surface area contributed by atoms with Gasteiger partial charge in [0.1, 0.15) is 0 Å². The number of hydrogen-bond donors (Lipinski definition) is 0. The van der Waals surface area contributed by atoms with Crippen LogP contribution in [0, 0.1) is 20.8 Å². The highest BCUT2D eigenvalue weighted by Gasteiger charge is 2.09. The van der Waals surface area contributed by atoms with Crippen molar-refractivity contribution >= 4 is 35.1 Å². The first kappa shape index (κ1) is 16.8. The molecule has 0 radical (unpaired) electrons. The third kappa shape index (κ3) is 3.40. The van der Waals surface area contributed by atoms with Crippen molar-refractivity contribution in [2.45, 2.75) is 20.8 Å². The van der Waals surface area contributed by atoms with Crippen LogP contribution in [0.2, 0.25) is 10.0 Å². The molecule has 0 atom stereocenters. The number of rotatable bonds is 3. The summed E-state index contributed by atoms with van der Waals surface area (Å²) in [6.45, 7) is 6.31. The van der Waals surface area contributed by atoms with Crippen LogP contribution in [0.25, 0.3) is 5.69 Å². The fourth-order valence-corrected chi connectivity index (χ4v) is 3.08. The molecule has 0 bridgehead atoms. The van der Waals surface area contributed by atoms with Crippen molar-refractivity contribution in [3.05, 3.63) is 81.1 Å². The molecular formula is C20H18Cl2N2. The molecule has 3 rings (SSSR count). The quantitative estimate of drug-likeness (QED) is 0.479. The summed E-state index contributed by atoms with van der Waals surface area (Å²) in [7, 11) is 0. The molecular weight excluding hydrogens is 339 g/mol. The Labute approximate surface area is 152 Å². The standard InChI is InChI=1S/C20H18Cl2N2/c1-13-5-4-6-18(9-13)24-14(2)10-16(15(24)3)12-23-17-7-8-19(21)20(22)11-17/h4-12H,1-3H3. The van der Waals surface area contributed by atoms with Crippen molar-refractivity contribution in [1.29, 1.82) is 0 Å². The lowest BCUT2D eigenvalue weighted by molar-refractivity contribution is 0.963. The largest absolute Gasteiger partial charge is 0.318 e. The Bertz CT molecular complexity index is 923. The van der Waals surface area contributed by atoms with Gasteiger partial charge in [-0.1, -0.05) is 35.3 Å². The number of aromatic nitrogens is 1. The van der Waals surface area contributed by atoms with E-state index in [1.807, 2.05) is 12.3 Å². The first-order chi connectivity index (χ1) is 11.5. The fraction of sp³-hybridized carbons (Fsp3) is 0.150. The van der Waals surface area contributed by atoms with E-state index in [4.69, 9.17) is 23.2 Å². The summed E-state index contributed by atoms with van der Waals surface area (Å²) in [5.41, 5.74) is 6.60. The van der Waals surface area contributed by atoms with E-state index in [0.29, 0.717) is 10.0 Å². The summed E-state index contributed by atoms with van der Waals surface area (Å²) in [5, 5.41) is 1.05. The zero-order valence-electron chi connectivity index (χ0n) is 13.8. The number of halogens is 2. The molecule has 24 heavy (non-hydrogen) atoms. The van der Waals surface area contributed by atoms with Gasteiger partial charge < -0.3 is 4.57 Å². The van der Waals surface area contributed by atoms with Crippen LogP contribution in [-0.2, 0) is 0 Å². The summed E-state index contributed by atoms with van der Waals surface area (Å²) >= 11 is 12.0. The van der Waals surface area contributed by atoms with Crippen LogP contribution in [0.4, 0.5) is 5.69 Å². The Morgan fingerprint density at radius 3 is 2.42 bits per heavy atom. The second-order valence-electron chi connectivity index (χ2n) is 5.86. The van der Waals surface area contributed by atoms with Crippen LogP contribution in [-0.4, -0.2) is 10.8 Å². The first-order valence-electron chi connectivity index (χ1n) is 7.71. The molecule has 2 aromatic carbocycles. The van der Waals surface area contributed by atoms with Crippen LogP contribution < -0.4 is 0 Å². The van der Waals surface area contributed by atoms with E-state index < -0.39 is 0 Å². The molecule has 4 heteroatoms. The van der Waals surface area contributed by atoms with Gasteiger partial charge >= 0.3 is 0 Å². The highest BCUT2D eigenvalue weighted by molar-refractivity contribution is 6.42. The van der Waals surface area contributed by atoms with Crippen molar-refractivity contribution in [2.24, 2.45) is 4.99 Å². The van der Waals surface area contributed by atoms with Crippen LogP contribution in [0.1, 0.15) is 22.5 Å². The Kier molecular flexibility index (Phi) is 4.79. The molecule has 1 heterocycles. The van der Waals surface area contributed by atoms with E-state index in [-0.39, 0.29) is 0 Å². The van der Waals surface area contributed by atoms with Gasteiger partial charge in [0.25, 0.3) is 0 Å². The van der Waals surface area contributed by atoms with E-state index >= 15 is 0 Å². The van der Waals surface area contributed by atoms with Crippen molar-refractivity contribution in [3.63, 3.8) is 0 Å². The van der Waals surface area contributed by atoms with Crippen molar-refractivity contribution in [1.82, 2.24) is 4.57 Å². The summed E-state index contributed by atoms with van der Waals surface area (Å²) in [6, 6.07) is 16.0. The minimum atomic E-state index is 0.511. The smallest absolute Gasteiger partial charge is 0.0645 e. The third-order valence-electron chi connectivity index (χ3n) is 3.99. The Hall–Kier alpha value is -2.03. The predicted molar refractivity (Wildman–Crippen MR) is 104 cm³/mol. The summed E-state index contributed by atoms with van der Waals surface area (Å²) < 4.78 is 2.24. The van der Waals surface area contributed by atoms with Gasteiger partial charge in [-0.25, -0.2) is 0 Å². The second kappa shape index (κ2) is 6.84. The van der Waals surface area contributed by atoms with Crippen molar-refractivity contribution < 1.29 is 0 Å². The van der Waals surface area contributed by atoms with Crippen LogP contribution in [0.3, 0.4) is 0 Å². The van der Waals surface area contributed by atoms with Crippen LogP contribution >= 0.6 is 23.2 Å². The van der Waals surface area contributed by atoms with Gasteiger partial charge in [0, 0.05) is 28.9 Å². The van der Waals surface area contributed by atoms with Crippen molar-refractivity contribution in [2.75, 3.05) is 0 Å². The molecule has 0 aliphatic heterocycles. The Morgan fingerprint density at radius 2 is 1.71 bits per heavy atom. The number of aryl methyl sites for hydroxylation is 2. The maximum Gasteiger partial charge on any atom is 0.0645 e. The van der Waals surface area contributed by atoms with Crippen LogP contribution in [0.5, 0.6) is 0 Å². The Morgan fingerprint density at radius 1 is 0.917 bits per heavy atom. The number of nitrogens with zero attached hydrogens (tertiary/aromatic N) is 2. The van der Waals surface area contributed by atoms with Gasteiger partial charge in [-0.2, -0.15) is 0 Å². The second-order valence-corrected chi connectivity index (χ2v) is 6.67. The topological polar surface area (TPSA) is 17.3 Å². The summed E-state index contributed by atoms with van der Waals surface area (Å²) in [6.07, 6.45) is 1.87. The maximum atomic E-state index is 6.04. The van der Waals surface area contributed by atoms with Gasteiger partial charge in [0.15, 0.2) is 0 Å². The molecule has 2 nitrogen and oxygen atoms in total. The lowest BCUT2D eigenvalue weighted by Crippen LogP contribution is -1.99. The van der Waals surface area contributed by atoms with E-state index in [1.54, 1.807) is 12.1 Å². The molecule has 0 spiro atoms. The maximum absolute atomic E-state index is 6.04. The summed E-state index contributed by atoms with van der Waals surface area (Å²) in [5.74, 6) is 0. The number of aliphatic imine (C=N–C) groups is 1. The molecule has 3 aromatic rings. The summed E-state index contributed by atoms with van der Waals surface area (Å²) in [4.78, 5) is 4.52. The highest BCUT2D eigenvalue weighted by Crippen LogP contribution is 2.27. The van der Waals surface area contributed by atoms with Gasteiger partial charge in [0.05, 0.1) is 15.7 Å². The van der Waals surface area contributed by atoms with Gasteiger partial charge in [-0.05, 0) is 62.7 Å². The molecule has 0 saturated heterocycles. The monoisotopic (exact) mass is 356 g/mol. The SMILES string of the molecule is Cc1cccc(-n2c(C)cc(C=Nc3ccc(Cl)c(Cl)c3)c2C)c1. The molecule has 0 amide bonds. The molecule has 0 saturated carbocycles. The molecule has 0 aliphatic carbocycles. The zero-order chi connectivity index (χ0) is 17.3. The first-order valence-corrected chi connectivity index (χ1v) is 8.46. The van der Waals surface area contributed by atoms with Gasteiger partial charge in [-0.15, -0.1) is 0 Å². The molecule has 0 aliphatic rings. The average Bonchev–Trinajstić information content (AvgIpc) is 2.82. The zero-order valence-corrected chi connectivity index (χ0v) is 15.4. The molecule has 0 unspecified atom stereocenters. The van der Waals surface area contributed by atoms with E-state index in [1.165, 1.54) is 16.9 Å². The van der Waals surface area contributed by atoms with Crippen LogP contribution in [0.15, 0.2) is 53.5 Å². The lowest BCUT2D eigenvalue weighted by Gasteiger charge is -2.10. The van der Waals surface area contributed by atoms with E-state index in [9.17, 15) is 0 Å². The highest BCUT2D eigenvalue weighted by atomic mass is 35.5. The molecule has 1 aromatic heterocycles. The van der Waals surface area contributed by atoms with E-state index in [0.717, 1.165) is 16.9 Å². The molecule has 0 fully saturated rings. The normalized spacial score (nSPS) is 11.4. The van der Waals surface area contributed by atoms with Crippen molar-refractivity contribution in [3.8, 4) is 5.69 Å². The molecule has 122 valence electrons. The minimum absolute atomic E-state index is 0.511. The Balaban J connectivity index is 1.97. The lowest BCUT2D eigenvalue weighted by atomic mass is 10.2. The predicted octanol–water partition coefficient (Wildman–Crippen LogP) is 6.46. The van der Waals surface area contributed by atoms with Gasteiger partial charge in [-0.3, -0.25) is 4.99 Å². The minimum Gasteiger partial charge on any atom is -0.318 e. The number of hydrogen-bond acceptors (Lipinski definition) is 1. The average molecular weight is 357 g/mol. The third-order valence-corrected chi connectivity index (χ3v) is 4.73. The van der Waals surface area contributed by atoms with E-state index in [2.05, 4.69) is 60.7 Å². The molecule has 0 N–H and O–H groups in total.